The Kier molecular flexibility index (Phi) is 3.82. The summed E-state index contributed by atoms with van der Waals surface area (Å²) in [6.07, 6.45) is 0. The molecular weight excluding hydrogens is 305 g/mol. The Morgan fingerprint density at radius 1 is 1.00 bits per heavy atom. The number of nitrogens with two attached hydrogens (primary N) is 1. The summed E-state index contributed by atoms with van der Waals surface area (Å²) in [6, 6.07) is 4.80. The number of rotatable bonds is 3. The van der Waals surface area contributed by atoms with E-state index in [4.69, 9.17) is 5.73 Å². The number of nitrogen functional groups attached to an aromatic ring is 1. The first-order valence-electron chi connectivity index (χ1n) is 5.74. The van der Waals surface area contributed by atoms with E-state index in [1.54, 1.807) is 6.92 Å². The maximum absolute atomic E-state index is 13.6. The third kappa shape index (κ3) is 3.10. The molecule has 0 aliphatic heterocycles. The number of anilines is 2. The van der Waals surface area contributed by atoms with Crippen LogP contribution in [0.15, 0.2) is 35.2 Å². The van der Waals surface area contributed by atoms with Crippen LogP contribution in [0, 0.1) is 24.4 Å². The van der Waals surface area contributed by atoms with Gasteiger partial charge < -0.3 is 5.73 Å². The van der Waals surface area contributed by atoms with Crippen molar-refractivity contribution in [3.05, 3.63) is 53.3 Å². The first-order chi connectivity index (χ1) is 9.70. The van der Waals surface area contributed by atoms with Crippen LogP contribution in [-0.4, -0.2) is 8.42 Å². The zero-order chi connectivity index (χ0) is 15.8. The van der Waals surface area contributed by atoms with Crippen LogP contribution >= 0.6 is 0 Å². The Labute approximate surface area is 119 Å². The lowest BCUT2D eigenvalue weighted by molar-refractivity contribution is 0.552. The quantitative estimate of drug-likeness (QED) is 0.855. The summed E-state index contributed by atoms with van der Waals surface area (Å²) < 4.78 is 66.2. The van der Waals surface area contributed by atoms with Gasteiger partial charge in [-0.15, -0.1) is 0 Å². The normalized spacial score (nSPS) is 11.4. The minimum absolute atomic E-state index is 0.345. The highest BCUT2D eigenvalue weighted by molar-refractivity contribution is 7.92. The van der Waals surface area contributed by atoms with Gasteiger partial charge in [-0.05, 0) is 30.7 Å². The third-order valence-corrected chi connectivity index (χ3v) is 4.09. The van der Waals surface area contributed by atoms with Crippen LogP contribution in [-0.2, 0) is 10.0 Å². The van der Waals surface area contributed by atoms with E-state index in [1.165, 1.54) is 12.1 Å². The lowest BCUT2D eigenvalue weighted by Crippen LogP contribution is -2.16. The highest BCUT2D eigenvalue weighted by Crippen LogP contribution is 2.24. The van der Waals surface area contributed by atoms with E-state index < -0.39 is 38.1 Å². The molecule has 21 heavy (non-hydrogen) atoms. The predicted molar refractivity (Wildman–Crippen MR) is 72.7 cm³/mol. The molecule has 2 rings (SSSR count). The molecule has 0 saturated heterocycles. The summed E-state index contributed by atoms with van der Waals surface area (Å²) >= 11 is 0. The minimum Gasteiger partial charge on any atom is -0.396 e. The maximum Gasteiger partial charge on any atom is 0.264 e. The molecule has 0 amide bonds. The molecule has 0 radical (unpaired) electrons. The smallest absolute Gasteiger partial charge is 0.264 e. The van der Waals surface area contributed by atoms with E-state index in [1.807, 2.05) is 4.72 Å². The zero-order valence-electron chi connectivity index (χ0n) is 10.8. The molecule has 0 bridgehead atoms. The van der Waals surface area contributed by atoms with Gasteiger partial charge in [0.1, 0.15) is 22.3 Å². The summed E-state index contributed by atoms with van der Waals surface area (Å²) in [4.78, 5) is -0.860. The number of aryl methyl sites for hydroxylation is 1. The molecule has 0 atom stereocenters. The van der Waals surface area contributed by atoms with Crippen molar-refractivity contribution in [1.82, 2.24) is 0 Å². The molecule has 4 nitrogen and oxygen atoms in total. The van der Waals surface area contributed by atoms with Crippen molar-refractivity contribution in [3.63, 3.8) is 0 Å². The molecule has 0 aliphatic carbocycles. The Morgan fingerprint density at radius 3 is 2.29 bits per heavy atom. The lowest BCUT2D eigenvalue weighted by Gasteiger charge is -2.11. The van der Waals surface area contributed by atoms with E-state index >= 15 is 0 Å². The number of nitrogens with one attached hydrogen (secondary N) is 1. The van der Waals surface area contributed by atoms with E-state index in [0.29, 0.717) is 17.7 Å². The van der Waals surface area contributed by atoms with Gasteiger partial charge in [0.25, 0.3) is 10.0 Å². The SMILES string of the molecule is Cc1ccc(NS(=O)(=O)c2cc(N)c(F)cc2F)c(F)c1. The summed E-state index contributed by atoms with van der Waals surface area (Å²) in [5.41, 5.74) is 4.94. The highest BCUT2D eigenvalue weighted by atomic mass is 32.2. The van der Waals surface area contributed by atoms with Crippen molar-refractivity contribution in [2.45, 2.75) is 11.8 Å². The summed E-state index contributed by atoms with van der Waals surface area (Å²) in [6.45, 7) is 1.63. The van der Waals surface area contributed by atoms with Crippen molar-refractivity contribution in [3.8, 4) is 0 Å². The van der Waals surface area contributed by atoms with Crippen molar-refractivity contribution < 1.29 is 21.6 Å². The fourth-order valence-corrected chi connectivity index (χ4v) is 2.82. The van der Waals surface area contributed by atoms with Gasteiger partial charge in [0, 0.05) is 6.07 Å². The number of hydrogen-bond donors (Lipinski definition) is 2. The second-order valence-corrected chi connectivity index (χ2v) is 6.04. The molecule has 0 fully saturated rings. The van der Waals surface area contributed by atoms with Gasteiger partial charge in [-0.25, -0.2) is 21.6 Å². The van der Waals surface area contributed by atoms with Gasteiger partial charge in [0.2, 0.25) is 0 Å². The molecule has 2 aromatic rings. The fraction of sp³-hybridized carbons (Fsp3) is 0.0769. The number of hydrogen-bond acceptors (Lipinski definition) is 3. The first-order valence-corrected chi connectivity index (χ1v) is 7.22. The zero-order valence-corrected chi connectivity index (χ0v) is 11.6. The standard InChI is InChI=1S/C13H11F3N2O2S/c1-7-2-3-12(9(15)4-7)18-21(19,20)13-6-11(17)8(14)5-10(13)16/h2-6,18H,17H2,1H3. The molecular formula is C13H11F3N2O2S. The second kappa shape index (κ2) is 5.28. The van der Waals surface area contributed by atoms with Crippen molar-refractivity contribution in [2.75, 3.05) is 10.5 Å². The van der Waals surface area contributed by atoms with Crippen LogP contribution in [0.2, 0.25) is 0 Å². The van der Waals surface area contributed by atoms with Gasteiger partial charge in [0.05, 0.1) is 11.4 Å². The Hall–Kier alpha value is -2.22. The Balaban J connectivity index is 2.46. The van der Waals surface area contributed by atoms with Crippen LogP contribution in [0.4, 0.5) is 24.5 Å². The average molecular weight is 316 g/mol. The predicted octanol–water partition coefficient (Wildman–Crippen LogP) is 2.80. The molecule has 3 N–H and O–H groups in total. The molecule has 0 aromatic heterocycles. The molecule has 8 heteroatoms. The van der Waals surface area contributed by atoms with E-state index in [2.05, 4.69) is 0 Å². The van der Waals surface area contributed by atoms with Crippen LogP contribution in [0.1, 0.15) is 5.56 Å². The van der Waals surface area contributed by atoms with Gasteiger partial charge in [0.15, 0.2) is 0 Å². The highest BCUT2D eigenvalue weighted by Gasteiger charge is 2.22. The lowest BCUT2D eigenvalue weighted by atomic mass is 10.2. The summed E-state index contributed by atoms with van der Waals surface area (Å²) in [5, 5.41) is 0. The third-order valence-electron chi connectivity index (χ3n) is 2.71. The molecule has 0 heterocycles. The second-order valence-electron chi connectivity index (χ2n) is 4.39. The summed E-state index contributed by atoms with van der Waals surface area (Å²) in [5.74, 6) is -3.20. The Morgan fingerprint density at radius 2 is 1.67 bits per heavy atom. The molecule has 0 spiro atoms. The van der Waals surface area contributed by atoms with Crippen molar-refractivity contribution >= 4 is 21.4 Å². The Bertz CT molecular complexity index is 807. The monoisotopic (exact) mass is 316 g/mol. The van der Waals surface area contributed by atoms with E-state index in [9.17, 15) is 21.6 Å². The fourth-order valence-electron chi connectivity index (χ4n) is 1.65. The molecule has 112 valence electrons. The molecule has 0 aliphatic rings. The number of sulfonamides is 1. The van der Waals surface area contributed by atoms with Gasteiger partial charge in [-0.3, -0.25) is 4.72 Å². The maximum atomic E-state index is 13.6. The van der Waals surface area contributed by atoms with E-state index in [0.717, 1.165) is 6.07 Å². The average Bonchev–Trinajstić information content (AvgIpc) is 2.37. The van der Waals surface area contributed by atoms with Gasteiger partial charge in [-0.2, -0.15) is 0 Å². The van der Waals surface area contributed by atoms with Crippen molar-refractivity contribution in [1.29, 1.82) is 0 Å². The van der Waals surface area contributed by atoms with Crippen LogP contribution < -0.4 is 10.5 Å². The van der Waals surface area contributed by atoms with Crippen LogP contribution in [0.3, 0.4) is 0 Å². The molecule has 0 unspecified atom stereocenters. The minimum atomic E-state index is -4.43. The topological polar surface area (TPSA) is 72.2 Å². The molecule has 2 aromatic carbocycles. The van der Waals surface area contributed by atoms with E-state index in [-0.39, 0.29) is 5.69 Å². The van der Waals surface area contributed by atoms with Gasteiger partial charge >= 0.3 is 0 Å². The van der Waals surface area contributed by atoms with Gasteiger partial charge in [-0.1, -0.05) is 6.07 Å². The first kappa shape index (κ1) is 15.2. The molecule has 0 saturated carbocycles. The number of halogens is 3. The van der Waals surface area contributed by atoms with Crippen molar-refractivity contribution in [2.24, 2.45) is 0 Å². The van der Waals surface area contributed by atoms with Crippen LogP contribution in [0.5, 0.6) is 0 Å². The number of benzene rings is 2. The largest absolute Gasteiger partial charge is 0.396 e. The van der Waals surface area contributed by atoms with Crippen LogP contribution in [0.25, 0.3) is 0 Å². The summed E-state index contributed by atoms with van der Waals surface area (Å²) in [7, 11) is -4.43.